The molecule has 2 aromatic rings. The van der Waals surface area contributed by atoms with Crippen molar-refractivity contribution in [2.24, 2.45) is 11.8 Å². The van der Waals surface area contributed by atoms with Crippen LogP contribution in [0.1, 0.15) is 31.1 Å². The lowest BCUT2D eigenvalue weighted by Gasteiger charge is -2.26. The van der Waals surface area contributed by atoms with Crippen LogP contribution >= 0.6 is 0 Å². The summed E-state index contributed by atoms with van der Waals surface area (Å²) in [5.74, 6) is 3.21. The molecule has 5 heteroatoms. The molecule has 0 aromatic heterocycles. The number of fused-ring (bicyclic) bond motifs is 1. The maximum atomic E-state index is 10.8. The van der Waals surface area contributed by atoms with Gasteiger partial charge in [-0.1, -0.05) is 26.0 Å². The van der Waals surface area contributed by atoms with Crippen molar-refractivity contribution in [3.63, 3.8) is 0 Å². The van der Waals surface area contributed by atoms with Crippen molar-refractivity contribution in [3.8, 4) is 23.0 Å². The minimum absolute atomic E-state index is 0.0727. The molecule has 140 valence electrons. The number of hydrogen-bond acceptors (Lipinski definition) is 5. The highest BCUT2D eigenvalue weighted by Gasteiger charge is 2.25. The molecule has 0 unspecified atom stereocenters. The third kappa shape index (κ3) is 3.73. The second-order valence-electron chi connectivity index (χ2n) is 6.79. The van der Waals surface area contributed by atoms with Gasteiger partial charge >= 0.3 is 0 Å². The molecule has 5 nitrogen and oxygen atoms in total. The maximum Gasteiger partial charge on any atom is 0.231 e. The van der Waals surface area contributed by atoms with E-state index in [0.29, 0.717) is 5.75 Å². The van der Waals surface area contributed by atoms with Crippen LogP contribution in [0.4, 0.5) is 0 Å². The minimum atomic E-state index is -0.570. The fourth-order valence-corrected chi connectivity index (χ4v) is 3.28. The summed E-state index contributed by atoms with van der Waals surface area (Å²) in [6.45, 7) is 4.46. The standard InChI is InChI=1S/C21H26O5/c1-13(9-15-5-7-17(23-3)19(10-15)24-4)14(2)21(22)16-6-8-18-20(11-16)26-12-25-18/h5-8,10-11,13-14,21-22H,9,12H2,1-4H3/t13-,14+,21-/m1/s1. The highest BCUT2D eigenvalue weighted by molar-refractivity contribution is 5.45. The van der Waals surface area contributed by atoms with Crippen molar-refractivity contribution in [3.05, 3.63) is 47.5 Å². The molecule has 0 saturated carbocycles. The Labute approximate surface area is 154 Å². The summed E-state index contributed by atoms with van der Waals surface area (Å²) >= 11 is 0. The van der Waals surface area contributed by atoms with E-state index in [1.807, 2.05) is 36.4 Å². The van der Waals surface area contributed by atoms with Gasteiger partial charge in [-0.15, -0.1) is 0 Å². The molecule has 1 aliphatic heterocycles. The summed E-state index contributed by atoms with van der Waals surface area (Å²) in [6.07, 6.45) is 0.267. The van der Waals surface area contributed by atoms with E-state index in [0.717, 1.165) is 34.8 Å². The summed E-state index contributed by atoms with van der Waals surface area (Å²) in [6, 6.07) is 11.6. The number of benzene rings is 2. The molecule has 0 fully saturated rings. The first-order chi connectivity index (χ1) is 12.5. The number of methoxy groups -OCH3 is 2. The topological polar surface area (TPSA) is 57.2 Å². The van der Waals surface area contributed by atoms with Crippen LogP contribution in [0, 0.1) is 11.8 Å². The van der Waals surface area contributed by atoms with Gasteiger partial charge in [0.15, 0.2) is 23.0 Å². The maximum absolute atomic E-state index is 10.8. The first-order valence-electron chi connectivity index (χ1n) is 8.82. The molecule has 3 rings (SSSR count). The molecular formula is C21H26O5. The van der Waals surface area contributed by atoms with E-state index in [9.17, 15) is 5.11 Å². The van der Waals surface area contributed by atoms with E-state index >= 15 is 0 Å². The second kappa shape index (κ2) is 7.87. The predicted octanol–water partition coefficient (Wildman–Crippen LogP) is 3.98. The number of hydrogen-bond donors (Lipinski definition) is 1. The van der Waals surface area contributed by atoms with Crippen molar-refractivity contribution in [1.82, 2.24) is 0 Å². The molecular weight excluding hydrogens is 332 g/mol. The SMILES string of the molecule is COc1ccc(C[C@@H](C)[C@H](C)[C@@H](O)c2ccc3c(c2)OCO3)cc1OC. The van der Waals surface area contributed by atoms with E-state index in [-0.39, 0.29) is 18.6 Å². The predicted molar refractivity (Wildman–Crippen MR) is 99.1 cm³/mol. The fraction of sp³-hybridized carbons (Fsp3) is 0.429. The van der Waals surface area contributed by atoms with E-state index in [2.05, 4.69) is 13.8 Å². The molecule has 0 amide bonds. The zero-order chi connectivity index (χ0) is 18.7. The van der Waals surface area contributed by atoms with Gasteiger partial charge in [-0.05, 0) is 53.6 Å². The molecule has 3 atom stereocenters. The first kappa shape index (κ1) is 18.4. The van der Waals surface area contributed by atoms with Gasteiger partial charge in [-0.3, -0.25) is 0 Å². The van der Waals surface area contributed by atoms with E-state index in [1.165, 1.54) is 0 Å². The summed E-state index contributed by atoms with van der Waals surface area (Å²) in [4.78, 5) is 0. The highest BCUT2D eigenvalue weighted by atomic mass is 16.7. The minimum Gasteiger partial charge on any atom is -0.493 e. The van der Waals surface area contributed by atoms with Gasteiger partial charge in [0.05, 0.1) is 20.3 Å². The Morgan fingerprint density at radius 3 is 2.42 bits per heavy atom. The van der Waals surface area contributed by atoms with Crippen LogP contribution in [-0.2, 0) is 6.42 Å². The van der Waals surface area contributed by atoms with Gasteiger partial charge in [-0.2, -0.15) is 0 Å². The lowest BCUT2D eigenvalue weighted by Crippen LogP contribution is -2.19. The third-order valence-electron chi connectivity index (χ3n) is 5.14. The summed E-state index contributed by atoms with van der Waals surface area (Å²) < 4.78 is 21.4. The fourth-order valence-electron chi connectivity index (χ4n) is 3.28. The molecule has 1 aliphatic rings. The van der Waals surface area contributed by atoms with Crippen LogP contribution in [0.5, 0.6) is 23.0 Å². The van der Waals surface area contributed by atoms with E-state index in [4.69, 9.17) is 18.9 Å². The Hall–Kier alpha value is -2.40. The average molecular weight is 358 g/mol. The van der Waals surface area contributed by atoms with Crippen molar-refractivity contribution in [2.75, 3.05) is 21.0 Å². The summed E-state index contributed by atoms with van der Waals surface area (Å²) in [7, 11) is 3.26. The van der Waals surface area contributed by atoms with Gasteiger partial charge in [0.25, 0.3) is 0 Å². The molecule has 2 aromatic carbocycles. The molecule has 26 heavy (non-hydrogen) atoms. The van der Waals surface area contributed by atoms with Gasteiger partial charge in [0.2, 0.25) is 6.79 Å². The lowest BCUT2D eigenvalue weighted by atomic mass is 9.83. The van der Waals surface area contributed by atoms with Crippen LogP contribution in [0.3, 0.4) is 0 Å². The quantitative estimate of drug-likeness (QED) is 0.811. The molecule has 0 radical (unpaired) electrons. The Balaban J connectivity index is 1.70. The van der Waals surface area contributed by atoms with Crippen molar-refractivity contribution in [2.45, 2.75) is 26.4 Å². The molecule has 0 spiro atoms. The summed E-state index contributed by atoms with van der Waals surface area (Å²) in [5.41, 5.74) is 2.00. The van der Waals surface area contributed by atoms with Gasteiger partial charge in [0.1, 0.15) is 0 Å². The molecule has 1 heterocycles. The number of aliphatic hydroxyl groups is 1. The average Bonchev–Trinajstić information content (AvgIpc) is 3.14. The first-order valence-corrected chi connectivity index (χ1v) is 8.82. The summed E-state index contributed by atoms with van der Waals surface area (Å²) in [5, 5.41) is 10.8. The number of ether oxygens (including phenoxy) is 4. The van der Waals surface area contributed by atoms with E-state index < -0.39 is 6.10 Å². The smallest absolute Gasteiger partial charge is 0.231 e. The second-order valence-corrected chi connectivity index (χ2v) is 6.79. The van der Waals surface area contributed by atoms with Crippen LogP contribution in [0.25, 0.3) is 0 Å². The molecule has 1 N–H and O–H groups in total. The van der Waals surface area contributed by atoms with Crippen LogP contribution in [0.15, 0.2) is 36.4 Å². The van der Waals surface area contributed by atoms with Crippen molar-refractivity contribution in [1.29, 1.82) is 0 Å². The molecule has 0 saturated heterocycles. The van der Waals surface area contributed by atoms with Crippen LogP contribution < -0.4 is 18.9 Å². The van der Waals surface area contributed by atoms with E-state index in [1.54, 1.807) is 14.2 Å². The Bertz CT molecular complexity index is 758. The monoisotopic (exact) mass is 358 g/mol. The van der Waals surface area contributed by atoms with Crippen LogP contribution in [-0.4, -0.2) is 26.1 Å². The number of aliphatic hydroxyl groups excluding tert-OH is 1. The van der Waals surface area contributed by atoms with Crippen molar-refractivity contribution >= 4 is 0 Å². The normalized spacial score (nSPS) is 16.0. The highest BCUT2D eigenvalue weighted by Crippen LogP contribution is 2.38. The Morgan fingerprint density at radius 2 is 1.69 bits per heavy atom. The number of rotatable bonds is 7. The lowest BCUT2D eigenvalue weighted by molar-refractivity contribution is 0.0869. The van der Waals surface area contributed by atoms with Gasteiger partial charge < -0.3 is 24.1 Å². The Morgan fingerprint density at radius 1 is 0.962 bits per heavy atom. The van der Waals surface area contributed by atoms with Crippen LogP contribution in [0.2, 0.25) is 0 Å². The van der Waals surface area contributed by atoms with Gasteiger partial charge in [-0.25, -0.2) is 0 Å². The third-order valence-corrected chi connectivity index (χ3v) is 5.14. The van der Waals surface area contributed by atoms with Crippen molar-refractivity contribution < 1.29 is 24.1 Å². The molecule has 0 aliphatic carbocycles. The molecule has 0 bridgehead atoms. The van der Waals surface area contributed by atoms with Gasteiger partial charge in [0, 0.05) is 0 Å². The zero-order valence-electron chi connectivity index (χ0n) is 15.7. The largest absolute Gasteiger partial charge is 0.493 e. The zero-order valence-corrected chi connectivity index (χ0v) is 15.7. The Kier molecular flexibility index (Phi) is 5.57.